The lowest BCUT2D eigenvalue weighted by Crippen LogP contribution is -2.05. The Hall–Kier alpha value is -2.35. The van der Waals surface area contributed by atoms with Gasteiger partial charge in [0.1, 0.15) is 5.75 Å². The van der Waals surface area contributed by atoms with Crippen LogP contribution in [0.4, 0.5) is 0 Å². The summed E-state index contributed by atoms with van der Waals surface area (Å²) in [4.78, 5) is 11.4. The summed E-state index contributed by atoms with van der Waals surface area (Å²) in [6.07, 6.45) is 16.4. The molecule has 1 aliphatic carbocycles. The van der Waals surface area contributed by atoms with Gasteiger partial charge in [-0.2, -0.15) is 0 Å². The predicted molar refractivity (Wildman–Crippen MR) is 131 cm³/mol. The lowest BCUT2D eigenvalue weighted by molar-refractivity contribution is -0.134. The smallest absolute Gasteiger partial charge is 0.310 e. The van der Waals surface area contributed by atoms with Crippen molar-refractivity contribution in [1.82, 2.24) is 0 Å². The minimum absolute atomic E-state index is 0.202. The van der Waals surface area contributed by atoms with Crippen LogP contribution < -0.4 is 4.74 Å². The molecule has 2 heteroatoms. The summed E-state index contributed by atoms with van der Waals surface area (Å²) in [5, 5.41) is 0. The molecule has 0 spiro atoms. The Labute approximate surface area is 188 Å². The molecule has 0 N–H and O–H groups in total. The predicted octanol–water partition coefficient (Wildman–Crippen LogP) is 8.60. The molecule has 0 radical (unpaired) electrons. The van der Waals surface area contributed by atoms with E-state index in [-0.39, 0.29) is 5.97 Å². The van der Waals surface area contributed by atoms with Crippen LogP contribution in [0.5, 0.6) is 5.75 Å². The van der Waals surface area contributed by atoms with Crippen molar-refractivity contribution in [2.45, 2.75) is 84.5 Å². The molecule has 0 saturated heterocycles. The maximum Gasteiger partial charge on any atom is 0.310 e. The zero-order valence-electron chi connectivity index (χ0n) is 19.4. The molecule has 3 rings (SSSR count). The fraction of sp³-hybridized carbons (Fsp3) is 0.483. The molecule has 0 saturated carbocycles. The molecule has 0 fully saturated rings. The first-order valence-corrected chi connectivity index (χ1v) is 12.3. The monoisotopic (exact) mass is 418 g/mol. The van der Waals surface area contributed by atoms with Crippen molar-refractivity contribution in [2.24, 2.45) is 5.92 Å². The molecule has 0 aliphatic heterocycles. The van der Waals surface area contributed by atoms with Gasteiger partial charge in [0.2, 0.25) is 0 Å². The van der Waals surface area contributed by atoms with E-state index < -0.39 is 0 Å². The highest BCUT2D eigenvalue weighted by atomic mass is 16.5. The first-order chi connectivity index (χ1) is 15.2. The van der Waals surface area contributed by atoms with Gasteiger partial charge >= 0.3 is 5.97 Å². The fourth-order valence-corrected chi connectivity index (χ4v) is 4.42. The lowest BCUT2D eigenvalue weighted by Gasteiger charge is -2.22. The maximum atomic E-state index is 11.4. The molecule has 1 aliphatic rings. The minimum atomic E-state index is -0.202. The highest BCUT2D eigenvalue weighted by Crippen LogP contribution is 2.34. The van der Waals surface area contributed by atoms with Crippen LogP contribution in [0.3, 0.4) is 0 Å². The van der Waals surface area contributed by atoms with Gasteiger partial charge in [0.15, 0.2) is 0 Å². The van der Waals surface area contributed by atoms with Crippen molar-refractivity contribution in [3.05, 3.63) is 60.2 Å². The minimum Gasteiger partial charge on any atom is -0.427 e. The van der Waals surface area contributed by atoms with E-state index in [9.17, 15) is 4.79 Å². The van der Waals surface area contributed by atoms with Crippen LogP contribution in [0.25, 0.3) is 16.7 Å². The van der Waals surface area contributed by atoms with Crippen LogP contribution in [0, 0.1) is 5.92 Å². The third-order valence-electron chi connectivity index (χ3n) is 6.45. The number of rotatable bonds is 11. The third-order valence-corrected chi connectivity index (χ3v) is 6.45. The molecule has 0 aromatic heterocycles. The van der Waals surface area contributed by atoms with Gasteiger partial charge in [-0.05, 0) is 59.6 Å². The third kappa shape index (κ3) is 7.38. The summed E-state index contributed by atoms with van der Waals surface area (Å²) in [5.41, 5.74) is 5.19. The van der Waals surface area contributed by atoms with E-state index in [1.807, 2.05) is 24.3 Å². The molecular weight excluding hydrogens is 380 g/mol. The van der Waals surface area contributed by atoms with Gasteiger partial charge in [0, 0.05) is 6.42 Å². The van der Waals surface area contributed by atoms with E-state index in [0.29, 0.717) is 12.2 Å². The molecule has 2 aromatic rings. The Kier molecular flexibility index (Phi) is 9.39. The summed E-state index contributed by atoms with van der Waals surface area (Å²) in [7, 11) is 0. The number of unbranched alkanes of at least 4 members (excludes halogenated alkanes) is 5. The van der Waals surface area contributed by atoms with E-state index in [0.717, 1.165) is 11.5 Å². The number of allylic oxidation sites excluding steroid dienone is 2. The Bertz CT molecular complexity index is 830. The molecule has 1 atom stereocenters. The maximum absolute atomic E-state index is 11.4. The fourth-order valence-electron chi connectivity index (χ4n) is 4.42. The molecule has 0 bridgehead atoms. The molecular formula is C29H38O2. The molecule has 31 heavy (non-hydrogen) atoms. The summed E-state index contributed by atoms with van der Waals surface area (Å²) < 4.78 is 5.26. The highest BCUT2D eigenvalue weighted by molar-refractivity contribution is 5.73. The van der Waals surface area contributed by atoms with Gasteiger partial charge in [0.05, 0.1) is 0 Å². The Morgan fingerprint density at radius 3 is 2.06 bits per heavy atom. The zero-order valence-corrected chi connectivity index (χ0v) is 19.4. The number of esters is 1. The van der Waals surface area contributed by atoms with Gasteiger partial charge in [-0.3, -0.25) is 4.79 Å². The SMILES string of the molecule is CCCCCCCCC1CC=C(c2ccc(-c3ccc(OC(=O)CC)cc3)cc2)CC1. The summed E-state index contributed by atoms with van der Waals surface area (Å²) in [6, 6.07) is 16.7. The average Bonchev–Trinajstić information content (AvgIpc) is 2.82. The number of carbonyl (C=O) groups is 1. The van der Waals surface area contributed by atoms with Gasteiger partial charge in [-0.1, -0.05) is 101 Å². The van der Waals surface area contributed by atoms with Crippen LogP contribution in [0.2, 0.25) is 0 Å². The van der Waals surface area contributed by atoms with Gasteiger partial charge < -0.3 is 4.74 Å². The normalized spacial score (nSPS) is 16.1. The van der Waals surface area contributed by atoms with E-state index in [1.165, 1.54) is 80.9 Å². The number of hydrogen-bond acceptors (Lipinski definition) is 2. The van der Waals surface area contributed by atoms with Gasteiger partial charge in [-0.15, -0.1) is 0 Å². The van der Waals surface area contributed by atoms with E-state index in [4.69, 9.17) is 4.74 Å². The van der Waals surface area contributed by atoms with Crippen LogP contribution in [-0.2, 0) is 4.79 Å². The van der Waals surface area contributed by atoms with Crippen molar-refractivity contribution in [3.8, 4) is 16.9 Å². The first kappa shape index (κ1) is 23.3. The second-order valence-corrected chi connectivity index (χ2v) is 8.86. The van der Waals surface area contributed by atoms with Crippen LogP contribution in [-0.4, -0.2) is 5.97 Å². The average molecular weight is 419 g/mol. The highest BCUT2D eigenvalue weighted by Gasteiger charge is 2.15. The topological polar surface area (TPSA) is 26.3 Å². The van der Waals surface area contributed by atoms with Crippen molar-refractivity contribution < 1.29 is 9.53 Å². The lowest BCUT2D eigenvalue weighted by atomic mass is 9.83. The van der Waals surface area contributed by atoms with Crippen LogP contribution in [0.15, 0.2) is 54.6 Å². The summed E-state index contributed by atoms with van der Waals surface area (Å²) in [5.74, 6) is 1.29. The quantitative estimate of drug-likeness (QED) is 0.207. The molecule has 2 aromatic carbocycles. The van der Waals surface area contributed by atoms with Crippen molar-refractivity contribution in [1.29, 1.82) is 0 Å². The second kappa shape index (κ2) is 12.5. The van der Waals surface area contributed by atoms with Gasteiger partial charge in [-0.25, -0.2) is 0 Å². The van der Waals surface area contributed by atoms with Crippen molar-refractivity contribution in [2.75, 3.05) is 0 Å². The standard InChI is InChI=1S/C29H38O2/c1-3-5-6-7-8-9-10-23-11-13-24(14-12-23)25-15-17-26(18-16-25)27-19-21-28(22-20-27)31-29(30)4-2/h13,15-23H,3-12,14H2,1-2H3. The van der Waals surface area contributed by atoms with E-state index in [1.54, 1.807) is 6.92 Å². The van der Waals surface area contributed by atoms with E-state index >= 15 is 0 Å². The number of hydrogen-bond donors (Lipinski definition) is 0. The first-order valence-electron chi connectivity index (χ1n) is 12.3. The number of carbonyl (C=O) groups excluding carboxylic acids is 1. The van der Waals surface area contributed by atoms with Crippen LogP contribution in [0.1, 0.15) is 90.0 Å². The molecule has 166 valence electrons. The number of benzene rings is 2. The largest absolute Gasteiger partial charge is 0.427 e. The molecule has 1 unspecified atom stereocenters. The van der Waals surface area contributed by atoms with E-state index in [2.05, 4.69) is 37.3 Å². The summed E-state index contributed by atoms with van der Waals surface area (Å²) >= 11 is 0. The Balaban J connectivity index is 1.49. The Morgan fingerprint density at radius 1 is 0.839 bits per heavy atom. The zero-order chi connectivity index (χ0) is 21.9. The van der Waals surface area contributed by atoms with Crippen molar-refractivity contribution >= 4 is 11.5 Å². The van der Waals surface area contributed by atoms with Crippen molar-refractivity contribution in [3.63, 3.8) is 0 Å². The molecule has 0 amide bonds. The number of ether oxygens (including phenoxy) is 1. The summed E-state index contributed by atoms with van der Waals surface area (Å²) in [6.45, 7) is 4.08. The van der Waals surface area contributed by atoms with Crippen LogP contribution >= 0.6 is 0 Å². The Morgan fingerprint density at radius 2 is 1.45 bits per heavy atom. The van der Waals surface area contributed by atoms with Gasteiger partial charge in [0.25, 0.3) is 0 Å². The molecule has 0 heterocycles. The second-order valence-electron chi connectivity index (χ2n) is 8.86. The molecule has 2 nitrogen and oxygen atoms in total.